The molecule has 2 heteroatoms. The smallest absolute Gasteiger partial charge is 0.0870 e. The van der Waals surface area contributed by atoms with Crippen LogP contribution in [0.15, 0.2) is 42.5 Å². The molecular weight excluding hydrogens is 246 g/mol. The van der Waals surface area contributed by atoms with Gasteiger partial charge in [0, 0.05) is 7.11 Å². The molecule has 0 aromatic heterocycles. The summed E-state index contributed by atoms with van der Waals surface area (Å²) in [6, 6.07) is 14.9. The van der Waals surface area contributed by atoms with Gasteiger partial charge in [-0.2, -0.15) is 0 Å². The highest BCUT2D eigenvalue weighted by Crippen LogP contribution is 2.40. The second-order valence-corrected chi connectivity index (χ2v) is 5.91. The third-order valence-corrected chi connectivity index (χ3v) is 4.81. The maximum absolute atomic E-state index is 6.58. The number of hydrogen-bond donors (Lipinski definition) is 1. The van der Waals surface area contributed by atoms with Crippen molar-refractivity contribution in [3.8, 4) is 0 Å². The minimum atomic E-state index is -0.180. The van der Waals surface area contributed by atoms with Gasteiger partial charge in [0.2, 0.25) is 0 Å². The Morgan fingerprint density at radius 2 is 1.70 bits per heavy atom. The molecule has 1 atom stereocenters. The molecule has 0 radical (unpaired) electrons. The Morgan fingerprint density at radius 1 is 1.00 bits per heavy atom. The second-order valence-electron chi connectivity index (χ2n) is 5.91. The first-order valence-corrected chi connectivity index (χ1v) is 7.55. The van der Waals surface area contributed by atoms with Gasteiger partial charge in [0.05, 0.1) is 11.6 Å². The van der Waals surface area contributed by atoms with E-state index in [9.17, 15) is 0 Å². The van der Waals surface area contributed by atoms with Crippen molar-refractivity contribution in [1.82, 2.24) is 0 Å². The Bertz CT molecular complexity index is 587. The van der Waals surface area contributed by atoms with Crippen LogP contribution in [0.25, 0.3) is 10.8 Å². The fourth-order valence-corrected chi connectivity index (χ4v) is 3.50. The Balaban J connectivity index is 1.96. The highest BCUT2D eigenvalue weighted by molar-refractivity contribution is 5.83. The SMILES string of the molecule is COC1(C(N)c2ccc3ccccc3c2)CCCCC1. The lowest BCUT2D eigenvalue weighted by molar-refractivity contribution is -0.0595. The summed E-state index contributed by atoms with van der Waals surface area (Å²) in [5, 5.41) is 2.51. The normalized spacial score (nSPS) is 19.9. The van der Waals surface area contributed by atoms with Crippen molar-refractivity contribution in [3.05, 3.63) is 48.0 Å². The van der Waals surface area contributed by atoms with Gasteiger partial charge in [-0.3, -0.25) is 0 Å². The van der Waals surface area contributed by atoms with E-state index in [1.165, 1.54) is 35.6 Å². The Kier molecular flexibility index (Phi) is 3.77. The van der Waals surface area contributed by atoms with Crippen LogP contribution in [-0.2, 0) is 4.74 Å². The van der Waals surface area contributed by atoms with Crippen LogP contribution >= 0.6 is 0 Å². The van der Waals surface area contributed by atoms with Crippen LogP contribution in [0.3, 0.4) is 0 Å². The van der Waals surface area contributed by atoms with Crippen molar-refractivity contribution in [3.63, 3.8) is 0 Å². The molecule has 106 valence electrons. The first-order chi connectivity index (χ1) is 9.75. The molecular formula is C18H23NO. The summed E-state index contributed by atoms with van der Waals surface area (Å²) in [5.41, 5.74) is 7.59. The minimum Gasteiger partial charge on any atom is -0.376 e. The molecule has 1 fully saturated rings. The lowest BCUT2D eigenvalue weighted by atomic mass is 9.77. The van der Waals surface area contributed by atoms with Gasteiger partial charge in [-0.25, -0.2) is 0 Å². The molecule has 1 unspecified atom stereocenters. The van der Waals surface area contributed by atoms with Gasteiger partial charge < -0.3 is 10.5 Å². The predicted octanol–water partition coefficient (Wildman–Crippen LogP) is 4.19. The summed E-state index contributed by atoms with van der Waals surface area (Å²) in [7, 11) is 1.81. The molecule has 3 rings (SSSR count). The fraction of sp³-hybridized carbons (Fsp3) is 0.444. The third-order valence-electron chi connectivity index (χ3n) is 4.81. The summed E-state index contributed by atoms with van der Waals surface area (Å²) in [4.78, 5) is 0. The summed E-state index contributed by atoms with van der Waals surface area (Å²) >= 11 is 0. The lowest BCUT2D eigenvalue weighted by Crippen LogP contribution is -2.44. The highest BCUT2D eigenvalue weighted by atomic mass is 16.5. The van der Waals surface area contributed by atoms with Crippen LogP contribution in [0, 0.1) is 0 Å². The van der Waals surface area contributed by atoms with Crippen molar-refractivity contribution >= 4 is 10.8 Å². The molecule has 0 saturated heterocycles. The number of rotatable bonds is 3. The van der Waals surface area contributed by atoms with Crippen molar-refractivity contribution in [1.29, 1.82) is 0 Å². The molecule has 2 N–H and O–H groups in total. The zero-order valence-electron chi connectivity index (χ0n) is 12.1. The maximum atomic E-state index is 6.58. The van der Waals surface area contributed by atoms with E-state index in [2.05, 4.69) is 42.5 Å². The zero-order chi connectivity index (χ0) is 14.0. The van der Waals surface area contributed by atoms with Gasteiger partial charge in [-0.15, -0.1) is 0 Å². The maximum Gasteiger partial charge on any atom is 0.0870 e. The molecule has 0 heterocycles. The molecule has 1 aliphatic carbocycles. The van der Waals surface area contributed by atoms with Gasteiger partial charge in [0.15, 0.2) is 0 Å². The highest BCUT2D eigenvalue weighted by Gasteiger charge is 2.38. The van der Waals surface area contributed by atoms with Gasteiger partial charge in [-0.1, -0.05) is 55.7 Å². The first kappa shape index (κ1) is 13.6. The van der Waals surface area contributed by atoms with E-state index in [1.54, 1.807) is 0 Å². The number of nitrogens with two attached hydrogens (primary N) is 1. The average Bonchev–Trinajstić information content (AvgIpc) is 2.54. The topological polar surface area (TPSA) is 35.2 Å². The molecule has 1 aliphatic rings. The molecule has 0 bridgehead atoms. The number of fused-ring (bicyclic) bond motifs is 1. The molecule has 0 amide bonds. The number of ether oxygens (including phenoxy) is 1. The molecule has 0 aliphatic heterocycles. The second kappa shape index (κ2) is 5.55. The lowest BCUT2D eigenvalue weighted by Gasteiger charge is -2.41. The van der Waals surface area contributed by atoms with Crippen LogP contribution in [-0.4, -0.2) is 12.7 Å². The van der Waals surface area contributed by atoms with E-state index in [-0.39, 0.29) is 11.6 Å². The van der Waals surface area contributed by atoms with E-state index in [4.69, 9.17) is 10.5 Å². The fourth-order valence-electron chi connectivity index (χ4n) is 3.50. The van der Waals surface area contributed by atoms with E-state index < -0.39 is 0 Å². The molecule has 2 aromatic rings. The van der Waals surface area contributed by atoms with E-state index >= 15 is 0 Å². The van der Waals surface area contributed by atoms with Crippen LogP contribution < -0.4 is 5.73 Å². The van der Waals surface area contributed by atoms with Crippen molar-refractivity contribution in [2.75, 3.05) is 7.11 Å². The molecule has 20 heavy (non-hydrogen) atoms. The van der Waals surface area contributed by atoms with Gasteiger partial charge in [-0.05, 0) is 35.2 Å². The van der Waals surface area contributed by atoms with Crippen LogP contribution in [0.1, 0.15) is 43.7 Å². The molecule has 1 saturated carbocycles. The van der Waals surface area contributed by atoms with Gasteiger partial charge in [0.1, 0.15) is 0 Å². The molecule has 2 nitrogen and oxygen atoms in total. The Labute approximate surface area is 120 Å². The Hall–Kier alpha value is -1.38. The zero-order valence-corrected chi connectivity index (χ0v) is 12.1. The van der Waals surface area contributed by atoms with Gasteiger partial charge in [0.25, 0.3) is 0 Å². The minimum absolute atomic E-state index is 0.0441. The van der Waals surface area contributed by atoms with Crippen LogP contribution in [0.5, 0.6) is 0 Å². The van der Waals surface area contributed by atoms with E-state index in [0.717, 1.165) is 12.8 Å². The number of hydrogen-bond acceptors (Lipinski definition) is 2. The summed E-state index contributed by atoms with van der Waals surface area (Å²) in [5.74, 6) is 0. The number of methoxy groups -OCH3 is 1. The number of benzene rings is 2. The summed E-state index contributed by atoms with van der Waals surface area (Å²) in [6.45, 7) is 0. The van der Waals surface area contributed by atoms with Gasteiger partial charge >= 0.3 is 0 Å². The monoisotopic (exact) mass is 269 g/mol. The average molecular weight is 269 g/mol. The van der Waals surface area contributed by atoms with Crippen molar-refractivity contribution in [2.24, 2.45) is 5.73 Å². The standard InChI is InChI=1S/C18H23NO/c1-20-18(11-5-2-6-12-18)17(19)16-10-9-14-7-3-4-8-15(14)13-16/h3-4,7-10,13,17H,2,5-6,11-12,19H2,1H3. The molecule has 0 spiro atoms. The van der Waals surface area contributed by atoms with Crippen LogP contribution in [0.2, 0.25) is 0 Å². The van der Waals surface area contributed by atoms with Crippen molar-refractivity contribution in [2.45, 2.75) is 43.7 Å². The summed E-state index contributed by atoms with van der Waals surface area (Å²) in [6.07, 6.45) is 5.87. The largest absolute Gasteiger partial charge is 0.376 e. The molecule has 2 aromatic carbocycles. The first-order valence-electron chi connectivity index (χ1n) is 7.55. The van der Waals surface area contributed by atoms with E-state index in [1.807, 2.05) is 7.11 Å². The Morgan fingerprint density at radius 3 is 2.40 bits per heavy atom. The van der Waals surface area contributed by atoms with Crippen molar-refractivity contribution < 1.29 is 4.74 Å². The van der Waals surface area contributed by atoms with E-state index in [0.29, 0.717) is 0 Å². The quantitative estimate of drug-likeness (QED) is 0.906. The third kappa shape index (κ3) is 2.34. The summed E-state index contributed by atoms with van der Waals surface area (Å²) < 4.78 is 5.88. The predicted molar refractivity (Wildman–Crippen MR) is 83.7 cm³/mol. The van der Waals surface area contributed by atoms with Crippen LogP contribution in [0.4, 0.5) is 0 Å².